The Morgan fingerprint density at radius 1 is 1.57 bits per heavy atom. The minimum Gasteiger partial charge on any atom is -0.356 e. The van der Waals surface area contributed by atoms with E-state index in [0.29, 0.717) is 0 Å². The van der Waals surface area contributed by atoms with E-state index in [9.17, 15) is 0 Å². The molecule has 3 nitrogen and oxygen atoms in total. The molecule has 2 N–H and O–H groups in total. The van der Waals surface area contributed by atoms with E-state index in [4.69, 9.17) is 15.2 Å². The van der Waals surface area contributed by atoms with Gasteiger partial charge in [-0.25, -0.2) is 0 Å². The Labute approximate surface area is 86.3 Å². The number of ether oxygens (including phenoxy) is 2. The van der Waals surface area contributed by atoms with Crippen molar-refractivity contribution < 1.29 is 9.47 Å². The lowest BCUT2D eigenvalue weighted by Gasteiger charge is -2.32. The van der Waals surface area contributed by atoms with E-state index >= 15 is 0 Å². The van der Waals surface area contributed by atoms with Gasteiger partial charge in [-0.1, -0.05) is 6.08 Å². The molecule has 1 heterocycles. The summed E-state index contributed by atoms with van der Waals surface area (Å²) >= 11 is 0. The van der Waals surface area contributed by atoms with Gasteiger partial charge in [0.25, 0.3) is 0 Å². The van der Waals surface area contributed by atoms with Crippen molar-refractivity contribution >= 4 is 0 Å². The van der Waals surface area contributed by atoms with Gasteiger partial charge in [-0.05, 0) is 25.7 Å². The Kier molecular flexibility index (Phi) is 5.15. The second kappa shape index (κ2) is 6.17. The number of hydrogen-bond acceptors (Lipinski definition) is 3. The first-order chi connectivity index (χ1) is 6.76. The lowest BCUT2D eigenvalue weighted by atomic mass is 9.99. The topological polar surface area (TPSA) is 44.5 Å². The predicted octanol–water partition coefficient (Wildman–Crippen LogP) is 1.82. The summed E-state index contributed by atoms with van der Waals surface area (Å²) in [4.78, 5) is 0. The quantitative estimate of drug-likeness (QED) is 0.542. The SMILES string of the molecule is C=CCCC[C@@H]1C[C@@H](N)C[C@H](OC)O1. The number of rotatable bonds is 5. The van der Waals surface area contributed by atoms with Crippen molar-refractivity contribution in [3.05, 3.63) is 12.7 Å². The van der Waals surface area contributed by atoms with Gasteiger partial charge < -0.3 is 15.2 Å². The predicted molar refractivity (Wildman–Crippen MR) is 56.9 cm³/mol. The lowest BCUT2D eigenvalue weighted by Crippen LogP contribution is -2.40. The highest BCUT2D eigenvalue weighted by molar-refractivity contribution is 4.77. The summed E-state index contributed by atoms with van der Waals surface area (Å²) < 4.78 is 10.9. The van der Waals surface area contributed by atoms with Crippen LogP contribution >= 0.6 is 0 Å². The summed E-state index contributed by atoms with van der Waals surface area (Å²) in [5, 5.41) is 0. The highest BCUT2D eigenvalue weighted by atomic mass is 16.7. The molecule has 82 valence electrons. The molecule has 1 aliphatic heterocycles. The van der Waals surface area contributed by atoms with Crippen LogP contribution < -0.4 is 5.73 Å². The Balaban J connectivity index is 2.26. The van der Waals surface area contributed by atoms with Crippen molar-refractivity contribution in [3.8, 4) is 0 Å². The van der Waals surface area contributed by atoms with Crippen LogP contribution in [-0.2, 0) is 9.47 Å². The van der Waals surface area contributed by atoms with Crippen molar-refractivity contribution in [2.45, 2.75) is 50.5 Å². The number of hydrogen-bond donors (Lipinski definition) is 1. The molecule has 0 saturated carbocycles. The smallest absolute Gasteiger partial charge is 0.159 e. The van der Waals surface area contributed by atoms with Crippen LogP contribution in [0.1, 0.15) is 32.1 Å². The molecule has 1 saturated heterocycles. The van der Waals surface area contributed by atoms with E-state index in [1.807, 2.05) is 6.08 Å². The number of unbranched alkanes of at least 4 members (excludes halogenated alkanes) is 1. The van der Waals surface area contributed by atoms with Crippen molar-refractivity contribution in [1.82, 2.24) is 0 Å². The van der Waals surface area contributed by atoms with Crippen LogP contribution in [-0.4, -0.2) is 25.5 Å². The zero-order chi connectivity index (χ0) is 10.4. The first kappa shape index (κ1) is 11.7. The fourth-order valence-electron chi connectivity index (χ4n) is 1.83. The highest BCUT2D eigenvalue weighted by Crippen LogP contribution is 2.22. The van der Waals surface area contributed by atoms with Crippen molar-refractivity contribution in [1.29, 1.82) is 0 Å². The lowest BCUT2D eigenvalue weighted by molar-refractivity contribution is -0.185. The second-order valence-corrected chi connectivity index (χ2v) is 3.87. The second-order valence-electron chi connectivity index (χ2n) is 3.87. The van der Waals surface area contributed by atoms with Crippen LogP contribution in [0.15, 0.2) is 12.7 Å². The van der Waals surface area contributed by atoms with Crippen LogP contribution in [0.4, 0.5) is 0 Å². The molecule has 14 heavy (non-hydrogen) atoms. The van der Waals surface area contributed by atoms with Crippen LogP contribution in [0, 0.1) is 0 Å². The molecule has 0 radical (unpaired) electrons. The third kappa shape index (κ3) is 3.78. The van der Waals surface area contributed by atoms with E-state index in [1.165, 1.54) is 0 Å². The first-order valence-corrected chi connectivity index (χ1v) is 5.31. The molecule has 0 bridgehead atoms. The maximum Gasteiger partial charge on any atom is 0.159 e. The van der Waals surface area contributed by atoms with Crippen molar-refractivity contribution in [3.63, 3.8) is 0 Å². The fraction of sp³-hybridized carbons (Fsp3) is 0.818. The van der Waals surface area contributed by atoms with Gasteiger partial charge in [0.15, 0.2) is 6.29 Å². The zero-order valence-electron chi connectivity index (χ0n) is 8.95. The van der Waals surface area contributed by atoms with E-state index in [-0.39, 0.29) is 18.4 Å². The average molecular weight is 199 g/mol. The van der Waals surface area contributed by atoms with Gasteiger partial charge in [-0.2, -0.15) is 0 Å². The maximum absolute atomic E-state index is 5.92. The van der Waals surface area contributed by atoms with Gasteiger partial charge >= 0.3 is 0 Å². The molecule has 0 aromatic heterocycles. The molecule has 0 unspecified atom stereocenters. The molecule has 0 amide bonds. The Morgan fingerprint density at radius 2 is 2.36 bits per heavy atom. The monoisotopic (exact) mass is 199 g/mol. The number of methoxy groups -OCH3 is 1. The standard InChI is InChI=1S/C11H21NO2/c1-3-4-5-6-10-7-9(12)8-11(13-2)14-10/h3,9-11H,1,4-8,12H2,2H3/t9-,10-,11-/m1/s1. The number of allylic oxidation sites excluding steroid dienone is 1. The summed E-state index contributed by atoms with van der Waals surface area (Å²) in [7, 11) is 1.67. The molecule has 0 aromatic carbocycles. The molecular weight excluding hydrogens is 178 g/mol. The molecule has 1 rings (SSSR count). The first-order valence-electron chi connectivity index (χ1n) is 5.31. The van der Waals surface area contributed by atoms with E-state index in [2.05, 4.69) is 6.58 Å². The van der Waals surface area contributed by atoms with Crippen LogP contribution in [0.2, 0.25) is 0 Å². The number of nitrogens with two attached hydrogens (primary N) is 1. The van der Waals surface area contributed by atoms with Crippen LogP contribution in [0.3, 0.4) is 0 Å². The molecule has 1 aliphatic rings. The summed E-state index contributed by atoms with van der Waals surface area (Å²) in [6.07, 6.45) is 7.10. The molecule has 0 aliphatic carbocycles. The van der Waals surface area contributed by atoms with Gasteiger partial charge in [0, 0.05) is 19.6 Å². The Morgan fingerprint density at radius 3 is 3.00 bits per heavy atom. The molecule has 3 heteroatoms. The van der Waals surface area contributed by atoms with Crippen molar-refractivity contribution in [2.75, 3.05) is 7.11 Å². The molecule has 0 spiro atoms. The minimum absolute atomic E-state index is 0.104. The Bertz CT molecular complexity index is 173. The van der Waals surface area contributed by atoms with Gasteiger partial charge in [0.2, 0.25) is 0 Å². The Hall–Kier alpha value is -0.380. The van der Waals surface area contributed by atoms with E-state index < -0.39 is 0 Å². The molecule has 0 aromatic rings. The van der Waals surface area contributed by atoms with Crippen molar-refractivity contribution in [2.24, 2.45) is 5.73 Å². The van der Waals surface area contributed by atoms with Gasteiger partial charge in [-0.3, -0.25) is 0 Å². The molecule has 1 fully saturated rings. The third-order valence-electron chi connectivity index (χ3n) is 2.60. The molecule has 3 atom stereocenters. The van der Waals surface area contributed by atoms with Gasteiger partial charge in [0.1, 0.15) is 0 Å². The van der Waals surface area contributed by atoms with E-state index in [1.54, 1.807) is 7.11 Å². The summed E-state index contributed by atoms with van der Waals surface area (Å²) in [6.45, 7) is 3.70. The fourth-order valence-corrected chi connectivity index (χ4v) is 1.83. The largest absolute Gasteiger partial charge is 0.356 e. The van der Waals surface area contributed by atoms with Crippen LogP contribution in [0.25, 0.3) is 0 Å². The van der Waals surface area contributed by atoms with Crippen LogP contribution in [0.5, 0.6) is 0 Å². The third-order valence-corrected chi connectivity index (χ3v) is 2.60. The average Bonchev–Trinajstić information content (AvgIpc) is 2.17. The normalized spacial score (nSPS) is 32.9. The van der Waals surface area contributed by atoms with Gasteiger partial charge in [-0.15, -0.1) is 6.58 Å². The summed E-state index contributed by atoms with van der Waals surface area (Å²) in [5.41, 5.74) is 5.92. The maximum atomic E-state index is 5.92. The summed E-state index contributed by atoms with van der Waals surface area (Å²) in [6, 6.07) is 0.224. The zero-order valence-corrected chi connectivity index (χ0v) is 8.95. The van der Waals surface area contributed by atoms with E-state index in [0.717, 1.165) is 32.1 Å². The highest BCUT2D eigenvalue weighted by Gasteiger charge is 2.26. The molecular formula is C11H21NO2. The minimum atomic E-state index is -0.104. The summed E-state index contributed by atoms with van der Waals surface area (Å²) in [5.74, 6) is 0. The van der Waals surface area contributed by atoms with Gasteiger partial charge in [0.05, 0.1) is 6.10 Å².